The van der Waals surface area contributed by atoms with Crippen molar-refractivity contribution in [2.75, 3.05) is 18.4 Å². The van der Waals surface area contributed by atoms with E-state index in [9.17, 15) is 13.2 Å². The van der Waals surface area contributed by atoms with Gasteiger partial charge in [-0.1, -0.05) is 13.8 Å². The predicted octanol–water partition coefficient (Wildman–Crippen LogP) is 2.85. The third-order valence-corrected chi connectivity index (χ3v) is 6.22. The molecular formula is C18H20N4O3S. The number of aromatic amines is 1. The number of nitrogens with zero attached hydrogens (tertiary/aromatic N) is 2. The summed E-state index contributed by atoms with van der Waals surface area (Å²) in [5, 5.41) is 10.5. The number of rotatable bonds is 6. The zero-order valence-electron chi connectivity index (χ0n) is 14.6. The maximum Gasteiger partial charge on any atom is 0.255 e. The number of sulfonamides is 1. The molecule has 0 spiro atoms. The Kier molecular flexibility index (Phi) is 5.06. The maximum absolute atomic E-state index is 12.5. The smallest absolute Gasteiger partial charge is 0.255 e. The third kappa shape index (κ3) is 3.47. The topological polar surface area (TPSA) is 95.2 Å². The van der Waals surface area contributed by atoms with Crippen molar-refractivity contribution in [3.8, 4) is 0 Å². The lowest BCUT2D eigenvalue weighted by Gasteiger charge is -2.18. The summed E-state index contributed by atoms with van der Waals surface area (Å²) in [6.07, 6.45) is 1.70. The van der Waals surface area contributed by atoms with Gasteiger partial charge in [-0.15, -0.1) is 0 Å². The van der Waals surface area contributed by atoms with Crippen molar-refractivity contribution in [2.24, 2.45) is 0 Å². The Morgan fingerprint density at radius 1 is 1.12 bits per heavy atom. The van der Waals surface area contributed by atoms with Crippen molar-refractivity contribution in [1.82, 2.24) is 14.5 Å². The highest BCUT2D eigenvalue weighted by Gasteiger charge is 2.21. The van der Waals surface area contributed by atoms with Crippen molar-refractivity contribution < 1.29 is 13.2 Å². The Hall–Kier alpha value is -2.71. The molecule has 1 heterocycles. The van der Waals surface area contributed by atoms with Gasteiger partial charge < -0.3 is 5.32 Å². The molecule has 0 atom stereocenters. The van der Waals surface area contributed by atoms with E-state index in [4.69, 9.17) is 0 Å². The Morgan fingerprint density at radius 2 is 1.81 bits per heavy atom. The standard InChI is InChI=1S/C18H20N4O3S/c1-3-22(4-2)26(24,25)16-9-6-13(7-10-16)18(23)20-15-8-5-14-12-19-21-17(14)11-15/h5-12H,3-4H2,1-2H3,(H,19,21)(H,20,23). The Morgan fingerprint density at radius 3 is 2.46 bits per heavy atom. The predicted molar refractivity (Wildman–Crippen MR) is 101 cm³/mol. The number of carbonyl (C=O) groups is 1. The molecule has 0 bridgehead atoms. The fourth-order valence-electron chi connectivity index (χ4n) is 2.71. The van der Waals surface area contributed by atoms with Crippen molar-refractivity contribution in [1.29, 1.82) is 0 Å². The van der Waals surface area contributed by atoms with Crippen LogP contribution in [0.15, 0.2) is 53.6 Å². The number of anilines is 1. The second-order valence-corrected chi connectivity index (χ2v) is 7.68. The van der Waals surface area contributed by atoms with Gasteiger partial charge in [0.25, 0.3) is 5.91 Å². The summed E-state index contributed by atoms with van der Waals surface area (Å²) < 4.78 is 26.3. The van der Waals surface area contributed by atoms with E-state index < -0.39 is 10.0 Å². The summed E-state index contributed by atoms with van der Waals surface area (Å²) in [5.41, 5.74) is 1.84. The number of carbonyl (C=O) groups excluding carboxylic acids is 1. The molecule has 136 valence electrons. The minimum Gasteiger partial charge on any atom is -0.322 e. The molecule has 0 radical (unpaired) electrons. The van der Waals surface area contributed by atoms with E-state index in [1.54, 1.807) is 32.2 Å². The van der Waals surface area contributed by atoms with Gasteiger partial charge in [-0.25, -0.2) is 8.42 Å². The lowest BCUT2D eigenvalue weighted by molar-refractivity contribution is 0.102. The molecule has 7 nitrogen and oxygen atoms in total. The zero-order chi connectivity index (χ0) is 18.7. The molecule has 2 N–H and O–H groups in total. The summed E-state index contributed by atoms with van der Waals surface area (Å²) in [7, 11) is -3.53. The van der Waals surface area contributed by atoms with E-state index in [1.807, 2.05) is 6.07 Å². The lowest BCUT2D eigenvalue weighted by Crippen LogP contribution is -2.30. The number of fused-ring (bicyclic) bond motifs is 1. The monoisotopic (exact) mass is 372 g/mol. The summed E-state index contributed by atoms with van der Waals surface area (Å²) in [4.78, 5) is 12.6. The molecule has 26 heavy (non-hydrogen) atoms. The number of nitrogens with one attached hydrogen (secondary N) is 2. The SMILES string of the molecule is CCN(CC)S(=O)(=O)c1ccc(C(=O)Nc2ccc3cn[nH]c3c2)cc1. The Bertz CT molecular complexity index is 1020. The van der Waals surface area contributed by atoms with E-state index in [0.29, 0.717) is 24.3 Å². The van der Waals surface area contributed by atoms with Crippen LogP contribution in [0, 0.1) is 0 Å². The Balaban J connectivity index is 1.78. The summed E-state index contributed by atoms with van der Waals surface area (Å²) in [5.74, 6) is -0.310. The molecule has 2 aromatic carbocycles. The minimum atomic E-state index is -3.53. The van der Waals surface area contributed by atoms with Gasteiger partial charge in [-0.2, -0.15) is 9.40 Å². The fraction of sp³-hybridized carbons (Fsp3) is 0.222. The number of amides is 1. The van der Waals surface area contributed by atoms with Crippen molar-refractivity contribution in [3.05, 3.63) is 54.2 Å². The zero-order valence-corrected chi connectivity index (χ0v) is 15.4. The number of H-pyrrole nitrogens is 1. The van der Waals surface area contributed by atoms with Gasteiger partial charge in [0.2, 0.25) is 10.0 Å². The quantitative estimate of drug-likeness (QED) is 0.695. The first-order valence-electron chi connectivity index (χ1n) is 8.30. The van der Waals surface area contributed by atoms with Gasteiger partial charge in [0.15, 0.2) is 0 Å². The van der Waals surface area contributed by atoms with E-state index >= 15 is 0 Å². The molecule has 1 amide bonds. The number of hydrogen-bond donors (Lipinski definition) is 2. The molecule has 0 unspecified atom stereocenters. The van der Waals surface area contributed by atoms with E-state index in [2.05, 4.69) is 15.5 Å². The van der Waals surface area contributed by atoms with Crippen molar-refractivity contribution >= 4 is 32.5 Å². The second kappa shape index (κ2) is 7.27. The van der Waals surface area contributed by atoms with Crippen LogP contribution in [0.5, 0.6) is 0 Å². The van der Waals surface area contributed by atoms with Gasteiger partial charge in [0, 0.05) is 29.7 Å². The van der Waals surface area contributed by atoms with Crippen LogP contribution in [0.2, 0.25) is 0 Å². The van der Waals surface area contributed by atoms with E-state index in [0.717, 1.165) is 10.9 Å². The highest BCUT2D eigenvalue weighted by Crippen LogP contribution is 2.19. The highest BCUT2D eigenvalue weighted by molar-refractivity contribution is 7.89. The first-order valence-corrected chi connectivity index (χ1v) is 9.74. The molecule has 8 heteroatoms. The molecule has 3 rings (SSSR count). The van der Waals surface area contributed by atoms with Gasteiger partial charge in [0.05, 0.1) is 16.6 Å². The van der Waals surface area contributed by atoms with Gasteiger partial charge >= 0.3 is 0 Å². The van der Waals surface area contributed by atoms with Crippen LogP contribution in [0.4, 0.5) is 5.69 Å². The molecule has 0 saturated carbocycles. The largest absolute Gasteiger partial charge is 0.322 e. The number of benzene rings is 2. The minimum absolute atomic E-state index is 0.177. The molecule has 0 fully saturated rings. The van der Waals surface area contributed by atoms with Crippen LogP contribution >= 0.6 is 0 Å². The maximum atomic E-state index is 12.5. The van der Waals surface area contributed by atoms with E-state index in [-0.39, 0.29) is 10.8 Å². The van der Waals surface area contributed by atoms with Crippen LogP contribution in [0.25, 0.3) is 10.9 Å². The fourth-order valence-corrected chi connectivity index (χ4v) is 4.17. The number of aromatic nitrogens is 2. The first kappa shape index (κ1) is 18.1. The van der Waals surface area contributed by atoms with Crippen molar-refractivity contribution in [2.45, 2.75) is 18.7 Å². The molecule has 0 aliphatic rings. The third-order valence-electron chi connectivity index (χ3n) is 4.16. The molecule has 1 aromatic heterocycles. The molecule has 0 aliphatic carbocycles. The highest BCUT2D eigenvalue weighted by atomic mass is 32.2. The average Bonchev–Trinajstić information content (AvgIpc) is 3.10. The van der Waals surface area contributed by atoms with Crippen LogP contribution in [-0.4, -0.2) is 41.9 Å². The lowest BCUT2D eigenvalue weighted by atomic mass is 10.2. The summed E-state index contributed by atoms with van der Waals surface area (Å²) in [6.45, 7) is 4.38. The summed E-state index contributed by atoms with van der Waals surface area (Å²) in [6, 6.07) is 11.4. The van der Waals surface area contributed by atoms with Crippen LogP contribution in [0.1, 0.15) is 24.2 Å². The van der Waals surface area contributed by atoms with Gasteiger partial charge in [-0.3, -0.25) is 9.89 Å². The van der Waals surface area contributed by atoms with E-state index in [1.165, 1.54) is 28.6 Å². The van der Waals surface area contributed by atoms with Crippen LogP contribution in [0.3, 0.4) is 0 Å². The van der Waals surface area contributed by atoms with Crippen molar-refractivity contribution in [3.63, 3.8) is 0 Å². The van der Waals surface area contributed by atoms with Crippen LogP contribution in [-0.2, 0) is 10.0 Å². The molecule has 3 aromatic rings. The normalized spacial score (nSPS) is 11.8. The summed E-state index contributed by atoms with van der Waals surface area (Å²) >= 11 is 0. The van der Waals surface area contributed by atoms with Crippen LogP contribution < -0.4 is 5.32 Å². The average molecular weight is 372 g/mol. The number of hydrogen-bond acceptors (Lipinski definition) is 4. The van der Waals surface area contributed by atoms with Gasteiger partial charge in [0.1, 0.15) is 0 Å². The molecular weight excluding hydrogens is 352 g/mol. The first-order chi connectivity index (χ1) is 12.5. The second-order valence-electron chi connectivity index (χ2n) is 5.74. The Labute approximate surface area is 152 Å². The molecule has 0 saturated heterocycles. The molecule has 0 aliphatic heterocycles. The van der Waals surface area contributed by atoms with Gasteiger partial charge in [-0.05, 0) is 42.5 Å².